The summed E-state index contributed by atoms with van der Waals surface area (Å²) in [5.74, 6) is 1.30. The summed E-state index contributed by atoms with van der Waals surface area (Å²) >= 11 is 3.77. The van der Waals surface area contributed by atoms with Crippen LogP contribution >= 0.6 is 34.4 Å². The number of benzene rings is 2. The fourth-order valence-corrected chi connectivity index (χ4v) is 7.51. The Bertz CT molecular complexity index is 1310. The number of hydrogen-bond donors (Lipinski definition) is 0. The lowest BCUT2D eigenvalue weighted by Crippen LogP contribution is -2.41. The lowest BCUT2D eigenvalue weighted by Gasteiger charge is -2.31. The smallest absolute Gasteiger partial charge is 0.266 e. The summed E-state index contributed by atoms with van der Waals surface area (Å²) in [5, 5.41) is 10.3. The molecule has 1 amide bonds. The number of hydrogen-bond acceptors (Lipinski definition) is 6. The van der Waals surface area contributed by atoms with Crippen LogP contribution in [0.4, 0.5) is 0 Å². The Balaban J connectivity index is 1.40. The zero-order valence-electron chi connectivity index (χ0n) is 22.3. The van der Waals surface area contributed by atoms with Crippen LogP contribution in [0, 0.1) is 14.9 Å². The van der Waals surface area contributed by atoms with E-state index in [-0.39, 0.29) is 18.6 Å². The SMILES string of the molecule is COc1cc(C=C2SC(=NC3CCCCC3)N(C3CCCCC3)C2=O)cc(I)c1OCc1ccccc1C#N. The first-order chi connectivity index (χ1) is 19.1. The van der Waals surface area contributed by atoms with Crippen molar-refractivity contribution in [2.75, 3.05) is 7.11 Å². The molecular weight excluding hydrogens is 621 g/mol. The number of rotatable bonds is 7. The van der Waals surface area contributed by atoms with Crippen molar-refractivity contribution in [2.45, 2.75) is 82.9 Å². The number of aliphatic imine (C=N–C) groups is 1. The maximum absolute atomic E-state index is 13.8. The number of carbonyl (C=O) groups excluding carboxylic acids is 1. The van der Waals surface area contributed by atoms with Crippen molar-refractivity contribution >= 4 is 51.5 Å². The first kappa shape index (κ1) is 28.0. The summed E-state index contributed by atoms with van der Waals surface area (Å²) in [6, 6.07) is 14.1. The van der Waals surface area contributed by atoms with Crippen LogP contribution in [0.15, 0.2) is 46.3 Å². The van der Waals surface area contributed by atoms with Crippen molar-refractivity contribution in [3.63, 3.8) is 0 Å². The second-order valence-electron chi connectivity index (χ2n) is 10.4. The average Bonchev–Trinajstić information content (AvgIpc) is 3.27. The second-order valence-corrected chi connectivity index (χ2v) is 12.5. The van der Waals surface area contributed by atoms with Crippen LogP contribution in [0.5, 0.6) is 11.5 Å². The van der Waals surface area contributed by atoms with Gasteiger partial charge in [0, 0.05) is 11.6 Å². The van der Waals surface area contributed by atoms with Gasteiger partial charge in [0.2, 0.25) is 0 Å². The van der Waals surface area contributed by atoms with Gasteiger partial charge in [-0.1, -0.05) is 56.7 Å². The van der Waals surface area contributed by atoms with Gasteiger partial charge in [-0.05, 0) is 89.9 Å². The third-order valence-corrected chi connectivity index (χ3v) is 9.50. The fraction of sp³-hybridized carbons (Fsp3) is 0.452. The molecule has 1 saturated heterocycles. The Morgan fingerprint density at radius 2 is 1.82 bits per heavy atom. The Morgan fingerprint density at radius 3 is 2.54 bits per heavy atom. The maximum atomic E-state index is 13.8. The van der Waals surface area contributed by atoms with E-state index in [9.17, 15) is 10.1 Å². The Morgan fingerprint density at radius 1 is 1.10 bits per heavy atom. The molecule has 5 rings (SSSR count). The third-order valence-electron chi connectivity index (χ3n) is 7.70. The van der Waals surface area contributed by atoms with Gasteiger partial charge < -0.3 is 9.47 Å². The summed E-state index contributed by atoms with van der Waals surface area (Å²) in [6.07, 6.45) is 13.6. The third kappa shape index (κ3) is 6.63. The van der Waals surface area contributed by atoms with Crippen molar-refractivity contribution in [1.29, 1.82) is 5.26 Å². The molecule has 0 aromatic heterocycles. The zero-order valence-corrected chi connectivity index (χ0v) is 25.3. The van der Waals surface area contributed by atoms with Gasteiger partial charge in [0.25, 0.3) is 5.91 Å². The van der Waals surface area contributed by atoms with E-state index in [0.29, 0.717) is 28.0 Å². The Hall–Kier alpha value is -2.51. The van der Waals surface area contributed by atoms with Crippen LogP contribution in [-0.2, 0) is 11.4 Å². The van der Waals surface area contributed by atoms with E-state index in [1.54, 1.807) is 13.2 Å². The van der Waals surface area contributed by atoms with Gasteiger partial charge in [-0.15, -0.1) is 0 Å². The van der Waals surface area contributed by atoms with Crippen LogP contribution in [0.25, 0.3) is 6.08 Å². The molecule has 0 unspecified atom stereocenters. The van der Waals surface area contributed by atoms with Gasteiger partial charge in [0.1, 0.15) is 6.61 Å². The standard InChI is InChI=1S/C31H34IN3O3S/c1-37-27-17-21(16-26(32)29(27)38-20-23-11-9-8-10-22(23)19-33)18-28-30(36)35(25-14-6-3-7-15-25)31(39-28)34-24-12-4-2-5-13-24/h8-11,16-18,24-25H,2-7,12-15,20H2,1H3. The highest BCUT2D eigenvalue weighted by Crippen LogP contribution is 2.40. The highest BCUT2D eigenvalue weighted by atomic mass is 127. The molecule has 0 bridgehead atoms. The minimum absolute atomic E-state index is 0.0730. The molecular formula is C31H34IN3O3S. The molecule has 3 fully saturated rings. The van der Waals surface area contributed by atoms with Gasteiger partial charge >= 0.3 is 0 Å². The van der Waals surface area contributed by atoms with Crippen molar-refractivity contribution in [1.82, 2.24) is 4.90 Å². The summed E-state index contributed by atoms with van der Waals surface area (Å²) in [4.78, 5) is 21.6. The van der Waals surface area contributed by atoms with Crippen molar-refractivity contribution in [3.8, 4) is 17.6 Å². The molecule has 1 aliphatic heterocycles. The number of amidine groups is 1. The zero-order chi connectivity index (χ0) is 27.2. The lowest BCUT2D eigenvalue weighted by atomic mass is 9.94. The second kappa shape index (κ2) is 13.2. The van der Waals surface area contributed by atoms with Crippen LogP contribution in [0.2, 0.25) is 0 Å². The lowest BCUT2D eigenvalue weighted by molar-refractivity contribution is -0.124. The van der Waals surface area contributed by atoms with Gasteiger partial charge in [0.15, 0.2) is 16.7 Å². The minimum Gasteiger partial charge on any atom is -0.493 e. The number of carbonyl (C=O) groups is 1. The normalized spacial score (nSPS) is 20.9. The minimum atomic E-state index is 0.0730. The van der Waals surface area contributed by atoms with Crippen molar-refractivity contribution in [3.05, 3.63) is 61.6 Å². The molecule has 0 spiro atoms. The first-order valence-corrected chi connectivity index (χ1v) is 15.8. The largest absolute Gasteiger partial charge is 0.493 e. The summed E-state index contributed by atoms with van der Waals surface area (Å²) in [7, 11) is 1.62. The Kier molecular flexibility index (Phi) is 9.51. The molecule has 0 N–H and O–H groups in total. The average molecular weight is 656 g/mol. The van der Waals surface area contributed by atoms with E-state index >= 15 is 0 Å². The van der Waals surface area contributed by atoms with E-state index < -0.39 is 0 Å². The molecule has 39 heavy (non-hydrogen) atoms. The van der Waals surface area contributed by atoms with Crippen molar-refractivity contribution in [2.24, 2.45) is 4.99 Å². The number of methoxy groups -OCH3 is 1. The van der Waals surface area contributed by atoms with Crippen LogP contribution in [0.3, 0.4) is 0 Å². The molecule has 0 radical (unpaired) electrons. The number of amides is 1. The van der Waals surface area contributed by atoms with Crippen LogP contribution < -0.4 is 9.47 Å². The number of nitriles is 1. The predicted octanol–water partition coefficient (Wildman–Crippen LogP) is 7.69. The predicted molar refractivity (Wildman–Crippen MR) is 165 cm³/mol. The molecule has 2 aromatic carbocycles. The number of thioether (sulfide) groups is 1. The molecule has 6 nitrogen and oxygen atoms in total. The summed E-state index contributed by atoms with van der Waals surface area (Å²) in [6.45, 7) is 0.266. The summed E-state index contributed by atoms with van der Waals surface area (Å²) in [5.41, 5.74) is 2.31. The highest BCUT2D eigenvalue weighted by molar-refractivity contribution is 14.1. The number of nitrogens with zero attached hydrogens (tertiary/aromatic N) is 3. The van der Waals surface area contributed by atoms with Crippen LogP contribution in [-0.4, -0.2) is 35.2 Å². The molecule has 2 aliphatic carbocycles. The molecule has 3 aliphatic rings. The van der Waals surface area contributed by atoms with Crippen molar-refractivity contribution < 1.29 is 14.3 Å². The Labute approximate surface area is 249 Å². The first-order valence-electron chi connectivity index (χ1n) is 13.9. The molecule has 2 aromatic rings. The van der Waals surface area contributed by atoms with E-state index in [0.717, 1.165) is 45.5 Å². The topological polar surface area (TPSA) is 74.9 Å². The molecule has 204 valence electrons. The van der Waals surface area contributed by atoms with Gasteiger partial charge in [-0.2, -0.15) is 5.26 Å². The monoisotopic (exact) mass is 655 g/mol. The van der Waals surface area contributed by atoms with E-state index in [1.165, 1.54) is 50.3 Å². The van der Waals surface area contributed by atoms with E-state index in [4.69, 9.17) is 14.5 Å². The molecule has 0 atom stereocenters. The highest BCUT2D eigenvalue weighted by Gasteiger charge is 2.39. The number of ether oxygens (including phenoxy) is 2. The van der Waals surface area contributed by atoms with Gasteiger partial charge in [-0.3, -0.25) is 14.7 Å². The summed E-state index contributed by atoms with van der Waals surface area (Å²) < 4.78 is 12.7. The molecule has 2 saturated carbocycles. The van der Waals surface area contributed by atoms with E-state index in [1.807, 2.05) is 41.3 Å². The van der Waals surface area contributed by atoms with Gasteiger partial charge in [-0.25, -0.2) is 0 Å². The van der Waals surface area contributed by atoms with Crippen LogP contribution in [0.1, 0.15) is 80.9 Å². The van der Waals surface area contributed by atoms with Gasteiger partial charge in [0.05, 0.1) is 33.3 Å². The molecule has 8 heteroatoms. The number of halogens is 1. The fourth-order valence-electron chi connectivity index (χ4n) is 5.62. The van der Waals surface area contributed by atoms with E-state index in [2.05, 4.69) is 28.7 Å². The molecule has 1 heterocycles. The quantitative estimate of drug-likeness (QED) is 0.226. The maximum Gasteiger partial charge on any atom is 0.266 e.